The molecule has 2 N–H and O–H groups in total. The fourth-order valence-electron chi connectivity index (χ4n) is 4.07. The highest BCUT2D eigenvalue weighted by Gasteiger charge is 2.31. The molecule has 0 radical (unpaired) electrons. The number of hydrogen-bond donors (Lipinski definition) is 2. The van der Waals surface area contributed by atoms with Crippen molar-refractivity contribution in [3.8, 4) is 11.3 Å². The molecule has 2 heterocycles. The normalized spacial score (nSPS) is 15.4. The molecule has 7 nitrogen and oxygen atoms in total. The molecule has 0 spiro atoms. The molecule has 1 atom stereocenters. The average molecular weight is 450 g/mol. The van der Waals surface area contributed by atoms with E-state index in [4.69, 9.17) is 22.1 Å². The van der Waals surface area contributed by atoms with Crippen LogP contribution in [0.3, 0.4) is 0 Å². The number of halogens is 1. The van der Waals surface area contributed by atoms with E-state index >= 15 is 0 Å². The molecule has 4 rings (SSSR count). The monoisotopic (exact) mass is 449 g/mol. The van der Waals surface area contributed by atoms with Gasteiger partial charge >= 0.3 is 0 Å². The smallest absolute Gasteiger partial charge is 0.272 e. The molecule has 1 aliphatic heterocycles. The van der Waals surface area contributed by atoms with Crippen molar-refractivity contribution in [1.82, 2.24) is 14.7 Å². The van der Waals surface area contributed by atoms with Gasteiger partial charge in [0.05, 0.1) is 11.7 Å². The van der Waals surface area contributed by atoms with Gasteiger partial charge in [-0.1, -0.05) is 35.9 Å². The number of amides is 1. The van der Waals surface area contributed by atoms with Crippen molar-refractivity contribution in [2.75, 3.05) is 18.4 Å². The van der Waals surface area contributed by atoms with Gasteiger partial charge in [-0.2, -0.15) is 5.10 Å². The number of anilines is 1. The van der Waals surface area contributed by atoms with Crippen molar-refractivity contribution in [2.45, 2.75) is 26.4 Å². The van der Waals surface area contributed by atoms with E-state index in [9.17, 15) is 9.59 Å². The first-order valence-corrected chi connectivity index (χ1v) is 10.8. The van der Waals surface area contributed by atoms with Crippen LogP contribution in [-0.4, -0.2) is 46.2 Å². The molecule has 0 unspecified atom stereocenters. The molecule has 0 aliphatic carbocycles. The lowest BCUT2D eigenvalue weighted by atomic mass is 10.0. The molecule has 0 saturated heterocycles. The fourth-order valence-corrected chi connectivity index (χ4v) is 4.29. The maximum Gasteiger partial charge on any atom is 0.272 e. The number of carbonyl (C=O) groups is 2. The van der Waals surface area contributed by atoms with Gasteiger partial charge in [0.25, 0.3) is 5.91 Å². The maximum atomic E-state index is 13.3. The summed E-state index contributed by atoms with van der Waals surface area (Å²) in [5.41, 5.74) is 4.64. The second-order valence-electron chi connectivity index (χ2n) is 7.85. The van der Waals surface area contributed by atoms with Gasteiger partial charge in [-0.3, -0.25) is 14.3 Å². The number of carbonyl (C=O) groups excluding carboxylic acids is 2. The van der Waals surface area contributed by atoms with Crippen LogP contribution in [0.5, 0.6) is 0 Å². The second-order valence-corrected chi connectivity index (χ2v) is 8.28. The molecule has 8 heteroatoms. The Morgan fingerprint density at radius 3 is 2.66 bits per heavy atom. The number of nitrogens with one attached hydrogen (secondary N) is 2. The SMILES string of the molecule is CCNc1cc(Cl)cc(C=O)c1-c1cc2n(n1)[C@@H](C)CN(Cc1ccc(C=N)cc1)C2=O. The lowest BCUT2D eigenvalue weighted by Gasteiger charge is -2.31. The Kier molecular flexibility index (Phi) is 6.10. The van der Waals surface area contributed by atoms with E-state index in [0.717, 1.165) is 17.4 Å². The highest BCUT2D eigenvalue weighted by Crippen LogP contribution is 2.35. The molecule has 0 fully saturated rings. The summed E-state index contributed by atoms with van der Waals surface area (Å²) in [7, 11) is 0. The number of fused-ring (bicyclic) bond motifs is 1. The Hall–Kier alpha value is -3.45. The molecular formula is C24H24ClN5O2. The molecule has 1 aromatic heterocycles. The predicted molar refractivity (Wildman–Crippen MR) is 126 cm³/mol. The summed E-state index contributed by atoms with van der Waals surface area (Å²) >= 11 is 6.19. The summed E-state index contributed by atoms with van der Waals surface area (Å²) < 4.78 is 1.74. The van der Waals surface area contributed by atoms with Gasteiger partial charge < -0.3 is 15.6 Å². The summed E-state index contributed by atoms with van der Waals surface area (Å²) in [6.45, 7) is 5.64. The zero-order valence-corrected chi connectivity index (χ0v) is 18.7. The number of nitrogens with zero attached hydrogens (tertiary/aromatic N) is 3. The van der Waals surface area contributed by atoms with Gasteiger partial charge in [-0.05, 0) is 43.2 Å². The van der Waals surface area contributed by atoms with Gasteiger partial charge in [0.2, 0.25) is 0 Å². The van der Waals surface area contributed by atoms with E-state index < -0.39 is 0 Å². The van der Waals surface area contributed by atoms with Crippen molar-refractivity contribution in [2.24, 2.45) is 0 Å². The number of benzene rings is 2. The molecule has 0 bridgehead atoms. The second kappa shape index (κ2) is 8.96. The van der Waals surface area contributed by atoms with Crippen molar-refractivity contribution in [3.63, 3.8) is 0 Å². The van der Waals surface area contributed by atoms with Gasteiger partial charge in [0.15, 0.2) is 6.29 Å². The fraction of sp³-hybridized carbons (Fsp3) is 0.250. The van der Waals surface area contributed by atoms with Gasteiger partial charge in [-0.15, -0.1) is 0 Å². The van der Waals surface area contributed by atoms with Crippen molar-refractivity contribution < 1.29 is 9.59 Å². The first-order valence-electron chi connectivity index (χ1n) is 10.5. The van der Waals surface area contributed by atoms with Crippen LogP contribution in [0.15, 0.2) is 42.5 Å². The Morgan fingerprint density at radius 1 is 1.25 bits per heavy atom. The quantitative estimate of drug-likeness (QED) is 0.405. The third-order valence-corrected chi connectivity index (χ3v) is 5.77. The third-order valence-electron chi connectivity index (χ3n) is 5.55. The minimum atomic E-state index is -0.107. The van der Waals surface area contributed by atoms with E-state index in [0.29, 0.717) is 52.9 Å². The van der Waals surface area contributed by atoms with Crippen LogP contribution in [-0.2, 0) is 6.54 Å². The minimum Gasteiger partial charge on any atom is -0.385 e. The van der Waals surface area contributed by atoms with E-state index in [1.54, 1.807) is 27.8 Å². The minimum absolute atomic E-state index is 0.0214. The zero-order chi connectivity index (χ0) is 22.8. The summed E-state index contributed by atoms with van der Waals surface area (Å²) in [6.07, 6.45) is 2.06. The maximum absolute atomic E-state index is 13.3. The highest BCUT2D eigenvalue weighted by atomic mass is 35.5. The van der Waals surface area contributed by atoms with Crippen LogP contribution in [0.2, 0.25) is 5.02 Å². The van der Waals surface area contributed by atoms with Crippen LogP contribution < -0.4 is 5.32 Å². The molecule has 1 amide bonds. The van der Waals surface area contributed by atoms with Crippen molar-refractivity contribution >= 4 is 35.7 Å². The Bertz CT molecular complexity index is 1190. The van der Waals surface area contributed by atoms with Crippen LogP contribution in [0, 0.1) is 5.41 Å². The van der Waals surface area contributed by atoms with Gasteiger partial charge in [0, 0.05) is 47.7 Å². The summed E-state index contributed by atoms with van der Waals surface area (Å²) in [5.74, 6) is -0.107. The summed E-state index contributed by atoms with van der Waals surface area (Å²) in [6, 6.07) is 12.7. The Morgan fingerprint density at radius 2 is 2.00 bits per heavy atom. The van der Waals surface area contributed by atoms with E-state index in [-0.39, 0.29) is 11.9 Å². The molecule has 164 valence electrons. The Labute approximate surface area is 191 Å². The lowest BCUT2D eigenvalue weighted by molar-refractivity contribution is 0.0651. The van der Waals surface area contributed by atoms with Crippen LogP contribution >= 0.6 is 11.6 Å². The van der Waals surface area contributed by atoms with Gasteiger partial charge in [0.1, 0.15) is 5.69 Å². The molecular weight excluding hydrogens is 426 g/mol. The topological polar surface area (TPSA) is 91.1 Å². The summed E-state index contributed by atoms with van der Waals surface area (Å²) in [5, 5.41) is 15.7. The molecule has 1 aliphatic rings. The number of aldehydes is 1. The average Bonchev–Trinajstić information content (AvgIpc) is 3.23. The Balaban J connectivity index is 1.70. The third kappa shape index (κ3) is 4.03. The number of aromatic nitrogens is 2. The van der Waals surface area contributed by atoms with Crippen molar-refractivity contribution in [1.29, 1.82) is 5.41 Å². The van der Waals surface area contributed by atoms with E-state index in [1.807, 2.05) is 38.1 Å². The van der Waals surface area contributed by atoms with Crippen LogP contribution in [0.25, 0.3) is 11.3 Å². The first-order chi connectivity index (χ1) is 15.4. The van der Waals surface area contributed by atoms with E-state index in [1.165, 1.54) is 6.21 Å². The predicted octanol–water partition coefficient (Wildman–Crippen LogP) is 4.66. The highest BCUT2D eigenvalue weighted by molar-refractivity contribution is 6.31. The zero-order valence-electron chi connectivity index (χ0n) is 17.9. The van der Waals surface area contributed by atoms with Crippen LogP contribution in [0.1, 0.15) is 51.9 Å². The summed E-state index contributed by atoms with van der Waals surface area (Å²) in [4.78, 5) is 26.9. The molecule has 0 saturated carbocycles. The van der Waals surface area contributed by atoms with E-state index in [2.05, 4.69) is 5.32 Å². The largest absolute Gasteiger partial charge is 0.385 e. The van der Waals surface area contributed by atoms with Crippen LogP contribution in [0.4, 0.5) is 5.69 Å². The number of rotatable bonds is 7. The first kappa shape index (κ1) is 21.8. The molecule has 2 aromatic carbocycles. The number of hydrogen-bond acceptors (Lipinski definition) is 5. The lowest BCUT2D eigenvalue weighted by Crippen LogP contribution is -2.41. The standard InChI is InChI=1S/C24H24ClN5O2/c1-3-27-20-9-19(25)8-18(14-31)23(20)21-10-22-24(32)29(12-15(2)30(22)28-21)13-17-6-4-16(11-26)5-7-17/h4-11,14-15,26-27H,3,12-13H2,1-2H3/t15-/m0/s1. The molecule has 32 heavy (non-hydrogen) atoms. The van der Waals surface area contributed by atoms with Crippen molar-refractivity contribution in [3.05, 3.63) is 69.9 Å². The van der Waals surface area contributed by atoms with Gasteiger partial charge in [-0.25, -0.2) is 0 Å². The molecule has 3 aromatic rings.